The molecule has 1 unspecified atom stereocenters. The fourth-order valence-corrected chi connectivity index (χ4v) is 10.4. The van der Waals surface area contributed by atoms with Crippen molar-refractivity contribution in [1.82, 2.24) is 0 Å². The molecule has 1 atom stereocenters. The molecule has 2 aromatic carbocycles. The van der Waals surface area contributed by atoms with Crippen LogP contribution in [0.1, 0.15) is 34.2 Å². The number of allylic oxidation sites excluding steroid dienone is 1. The zero-order valence-corrected chi connectivity index (χ0v) is 17.1. The minimum absolute atomic E-state index is 0.374. The molecule has 0 saturated heterocycles. The van der Waals surface area contributed by atoms with Gasteiger partial charge in [-0.25, -0.2) is 0 Å². The van der Waals surface area contributed by atoms with Crippen molar-refractivity contribution in [2.24, 2.45) is 0 Å². The SMILES string of the molecule is [CH3][Hf]([CH3])[C]1(Cc2ccccc2)C=Cc2cc3c(cc21)CCC3. The maximum absolute atomic E-state index is 2.58. The molecule has 0 amide bonds. The molecule has 0 radical (unpaired) electrons. The average molecular weight is 454 g/mol. The Kier molecular flexibility index (Phi) is 3.72. The first-order valence-corrected chi connectivity index (χ1v) is 17.4. The zero-order chi connectivity index (χ0) is 15.2. The summed E-state index contributed by atoms with van der Waals surface area (Å²) in [4.78, 5) is 0. The van der Waals surface area contributed by atoms with E-state index in [1.807, 2.05) is 0 Å². The van der Waals surface area contributed by atoms with Gasteiger partial charge in [-0.15, -0.1) is 0 Å². The van der Waals surface area contributed by atoms with Crippen LogP contribution in [-0.2, 0) is 43.9 Å². The van der Waals surface area contributed by atoms with Gasteiger partial charge in [-0.3, -0.25) is 0 Å². The average Bonchev–Trinajstić information content (AvgIpc) is 3.11. The Morgan fingerprint density at radius 1 is 1.00 bits per heavy atom. The third-order valence-corrected chi connectivity index (χ3v) is 14.1. The summed E-state index contributed by atoms with van der Waals surface area (Å²) in [6.45, 7) is 0. The van der Waals surface area contributed by atoms with Gasteiger partial charge in [0.2, 0.25) is 0 Å². The summed E-state index contributed by atoms with van der Waals surface area (Å²) in [5.41, 5.74) is 7.91. The molecular formula is C21H23Hf. The second kappa shape index (κ2) is 5.60. The van der Waals surface area contributed by atoms with E-state index in [9.17, 15) is 0 Å². The van der Waals surface area contributed by atoms with Gasteiger partial charge >= 0.3 is 142 Å². The summed E-state index contributed by atoms with van der Waals surface area (Å²) in [5.74, 6) is 0. The second-order valence-electron chi connectivity index (χ2n) is 7.03. The van der Waals surface area contributed by atoms with Crippen molar-refractivity contribution < 1.29 is 21.4 Å². The van der Waals surface area contributed by atoms with Gasteiger partial charge in [0.15, 0.2) is 0 Å². The molecule has 111 valence electrons. The number of fused-ring (bicyclic) bond motifs is 2. The van der Waals surface area contributed by atoms with E-state index in [4.69, 9.17) is 0 Å². The fourth-order valence-electron chi connectivity index (χ4n) is 4.17. The molecule has 0 bridgehead atoms. The van der Waals surface area contributed by atoms with Crippen molar-refractivity contribution in [3.05, 3.63) is 76.4 Å². The maximum atomic E-state index is 2.58. The predicted octanol–water partition coefficient (Wildman–Crippen LogP) is 5.35. The van der Waals surface area contributed by atoms with Crippen molar-refractivity contribution in [3.63, 3.8) is 0 Å². The Hall–Kier alpha value is -0.950. The van der Waals surface area contributed by atoms with Crippen molar-refractivity contribution in [2.45, 2.75) is 38.2 Å². The van der Waals surface area contributed by atoms with Gasteiger partial charge in [-0.1, -0.05) is 0 Å². The van der Waals surface area contributed by atoms with Gasteiger partial charge < -0.3 is 0 Å². The Morgan fingerprint density at radius 2 is 1.73 bits per heavy atom. The van der Waals surface area contributed by atoms with E-state index in [2.05, 4.69) is 64.0 Å². The van der Waals surface area contributed by atoms with Crippen LogP contribution in [0.4, 0.5) is 0 Å². The molecule has 0 N–H and O–H groups in total. The van der Waals surface area contributed by atoms with E-state index in [-0.39, 0.29) is 0 Å². The van der Waals surface area contributed by atoms with E-state index < -0.39 is 21.4 Å². The van der Waals surface area contributed by atoms with E-state index in [0.29, 0.717) is 3.17 Å². The van der Waals surface area contributed by atoms with Crippen LogP contribution in [-0.4, -0.2) is 0 Å². The van der Waals surface area contributed by atoms with Gasteiger partial charge in [-0.2, -0.15) is 0 Å². The summed E-state index contributed by atoms with van der Waals surface area (Å²) in [6, 6.07) is 16.2. The number of rotatable bonds is 3. The topological polar surface area (TPSA) is 0 Å². The summed E-state index contributed by atoms with van der Waals surface area (Å²) in [6.07, 6.45) is 10.1. The molecule has 0 aromatic heterocycles. The Bertz CT molecular complexity index is 727. The van der Waals surface area contributed by atoms with Crippen molar-refractivity contribution in [3.8, 4) is 0 Å². The molecule has 2 aliphatic carbocycles. The molecule has 22 heavy (non-hydrogen) atoms. The first-order chi connectivity index (χ1) is 10.7. The van der Waals surface area contributed by atoms with Crippen molar-refractivity contribution >= 4 is 6.08 Å². The standard InChI is InChI=1S/C19H17.2CH3.Hf/c1-2-5-14(6-3-1)11-17-9-10-18-12-15-7-4-8-16(15)13-19(17)18;;;/h1-3,5-6,9-10,12-13H,4,7-8,11H2;2*1H3;. The number of aryl methyl sites for hydroxylation is 2. The molecule has 0 fully saturated rings. The molecule has 0 spiro atoms. The number of hydrogen-bond donors (Lipinski definition) is 0. The van der Waals surface area contributed by atoms with Gasteiger partial charge in [-0.05, 0) is 0 Å². The van der Waals surface area contributed by atoms with Crippen LogP contribution >= 0.6 is 0 Å². The van der Waals surface area contributed by atoms with Crippen molar-refractivity contribution in [2.75, 3.05) is 0 Å². The van der Waals surface area contributed by atoms with Crippen LogP contribution in [0.25, 0.3) is 6.08 Å². The molecule has 1 heteroatoms. The third kappa shape index (κ3) is 2.29. The van der Waals surface area contributed by atoms with Crippen molar-refractivity contribution in [1.29, 1.82) is 0 Å². The monoisotopic (exact) mass is 455 g/mol. The summed E-state index contributed by atoms with van der Waals surface area (Å²) >= 11 is -1.67. The van der Waals surface area contributed by atoms with Gasteiger partial charge in [0.25, 0.3) is 0 Å². The van der Waals surface area contributed by atoms with E-state index in [0.717, 1.165) is 0 Å². The normalized spacial score (nSPS) is 21.7. The van der Waals surface area contributed by atoms with Crippen LogP contribution in [0, 0.1) is 0 Å². The molecule has 0 saturated carbocycles. The fraction of sp³-hybridized carbons (Fsp3) is 0.333. The molecule has 0 nitrogen and oxygen atoms in total. The Balaban J connectivity index is 1.81. The van der Waals surface area contributed by atoms with Gasteiger partial charge in [0, 0.05) is 0 Å². The quantitative estimate of drug-likeness (QED) is 0.549. The van der Waals surface area contributed by atoms with Crippen LogP contribution in [0.2, 0.25) is 9.36 Å². The second-order valence-corrected chi connectivity index (χ2v) is 17.4. The zero-order valence-electron chi connectivity index (χ0n) is 13.5. The van der Waals surface area contributed by atoms with Gasteiger partial charge in [0.05, 0.1) is 0 Å². The van der Waals surface area contributed by atoms with Crippen LogP contribution in [0.3, 0.4) is 0 Å². The van der Waals surface area contributed by atoms with Crippen LogP contribution < -0.4 is 0 Å². The van der Waals surface area contributed by atoms with Crippen LogP contribution in [0.5, 0.6) is 0 Å². The van der Waals surface area contributed by atoms with Gasteiger partial charge in [0.1, 0.15) is 0 Å². The van der Waals surface area contributed by atoms with E-state index in [1.165, 1.54) is 36.8 Å². The summed E-state index contributed by atoms with van der Waals surface area (Å²) < 4.78 is 5.54. The summed E-state index contributed by atoms with van der Waals surface area (Å²) in [7, 11) is 0. The minimum atomic E-state index is -1.67. The van der Waals surface area contributed by atoms with Crippen LogP contribution in [0.15, 0.2) is 48.5 Å². The molecule has 0 heterocycles. The van der Waals surface area contributed by atoms with E-state index >= 15 is 0 Å². The Morgan fingerprint density at radius 3 is 2.45 bits per heavy atom. The molecular weight excluding hydrogens is 431 g/mol. The molecule has 2 aromatic rings. The molecule has 2 aliphatic rings. The number of hydrogen-bond acceptors (Lipinski definition) is 0. The molecule has 0 aliphatic heterocycles. The predicted molar refractivity (Wildman–Crippen MR) is 91.1 cm³/mol. The number of benzene rings is 2. The molecule has 4 rings (SSSR count). The first kappa shape index (κ1) is 14.6. The summed E-state index contributed by atoms with van der Waals surface area (Å²) in [5, 5.41) is 0. The van der Waals surface area contributed by atoms with E-state index in [1.54, 1.807) is 16.7 Å². The third-order valence-electron chi connectivity index (χ3n) is 5.51. The Labute approximate surface area is 141 Å². The first-order valence-electron chi connectivity index (χ1n) is 8.39.